The van der Waals surface area contributed by atoms with Gasteiger partial charge < -0.3 is 24.3 Å². The lowest BCUT2D eigenvalue weighted by molar-refractivity contribution is -0.138. The van der Waals surface area contributed by atoms with Crippen LogP contribution in [0, 0.1) is 33.5 Å². The molecule has 0 radical (unpaired) electrons. The van der Waals surface area contributed by atoms with Crippen molar-refractivity contribution in [1.82, 2.24) is 4.57 Å². The summed E-state index contributed by atoms with van der Waals surface area (Å²) in [6.07, 6.45) is 8.19. The zero-order chi connectivity index (χ0) is 31.8. The fourth-order valence-corrected chi connectivity index (χ4v) is 5.54. The largest absolute Gasteiger partial charge is 0.490 e. The molecule has 4 aromatic rings. The van der Waals surface area contributed by atoms with E-state index < -0.39 is 17.8 Å². The molecule has 44 heavy (non-hydrogen) atoms. The number of halogens is 1. The molecule has 0 saturated heterocycles. The molecule has 3 aromatic carbocycles. The standard InChI is InChI=1S/C36H38FNO6/c1-23-18-24(2)36(25(3)19-23)44-17-6-5-16-43-30-14-11-27(12-15-30)10-13-28-20-29(37)21-32-31(8-7-9-33(39)40)26(4)38(35(28)32)22-34(41)42/h5-6,10-15,18-21H,7-9,16-17,22H2,1-4H3,(H,39,40)(H,41,42)/b6-5+,13-10?. The van der Waals surface area contributed by atoms with Crippen LogP contribution in [0.4, 0.5) is 4.39 Å². The number of nitrogens with zero attached hydrogens (tertiary/aromatic N) is 1. The van der Waals surface area contributed by atoms with Crippen molar-refractivity contribution in [1.29, 1.82) is 0 Å². The average Bonchev–Trinajstić information content (AvgIpc) is 3.20. The molecule has 1 aromatic heterocycles. The Bertz CT molecular complexity index is 1690. The zero-order valence-electron chi connectivity index (χ0n) is 25.5. The number of aryl methyl sites for hydroxylation is 4. The van der Waals surface area contributed by atoms with Crippen LogP contribution in [-0.4, -0.2) is 39.9 Å². The molecule has 8 heteroatoms. The van der Waals surface area contributed by atoms with Crippen molar-refractivity contribution in [2.24, 2.45) is 0 Å². The highest BCUT2D eigenvalue weighted by Crippen LogP contribution is 2.32. The fraction of sp³-hybridized carbons (Fsp3) is 0.278. The molecular weight excluding hydrogens is 561 g/mol. The van der Waals surface area contributed by atoms with Gasteiger partial charge in [0.1, 0.15) is 37.1 Å². The minimum absolute atomic E-state index is 0.0228. The number of hydrogen-bond donors (Lipinski definition) is 2. The van der Waals surface area contributed by atoms with Gasteiger partial charge in [-0.15, -0.1) is 0 Å². The molecule has 7 nitrogen and oxygen atoms in total. The molecule has 0 unspecified atom stereocenters. The van der Waals surface area contributed by atoms with E-state index in [1.54, 1.807) is 17.6 Å². The van der Waals surface area contributed by atoms with Crippen molar-refractivity contribution < 1.29 is 33.7 Å². The third kappa shape index (κ3) is 8.16. The van der Waals surface area contributed by atoms with E-state index in [1.165, 1.54) is 17.7 Å². The van der Waals surface area contributed by atoms with Gasteiger partial charge in [-0.1, -0.05) is 42.0 Å². The molecule has 4 rings (SSSR count). The number of aromatic nitrogens is 1. The first-order chi connectivity index (χ1) is 21.0. The van der Waals surface area contributed by atoms with Crippen LogP contribution >= 0.6 is 0 Å². The Hall–Kier alpha value is -4.85. The summed E-state index contributed by atoms with van der Waals surface area (Å²) in [5.41, 5.74) is 6.90. The molecule has 0 aliphatic rings. The molecule has 0 spiro atoms. The third-order valence-corrected chi connectivity index (χ3v) is 7.43. The number of hydrogen-bond acceptors (Lipinski definition) is 4. The van der Waals surface area contributed by atoms with Crippen molar-refractivity contribution in [3.63, 3.8) is 0 Å². The van der Waals surface area contributed by atoms with E-state index >= 15 is 0 Å². The van der Waals surface area contributed by atoms with E-state index in [1.807, 2.05) is 56.3 Å². The summed E-state index contributed by atoms with van der Waals surface area (Å²) in [5.74, 6) is -0.771. The first-order valence-electron chi connectivity index (χ1n) is 14.5. The van der Waals surface area contributed by atoms with Gasteiger partial charge in [0.05, 0.1) is 5.52 Å². The van der Waals surface area contributed by atoms with Crippen LogP contribution in [0.2, 0.25) is 0 Å². The molecule has 0 atom stereocenters. The lowest BCUT2D eigenvalue weighted by Gasteiger charge is -2.11. The van der Waals surface area contributed by atoms with Gasteiger partial charge in [0.2, 0.25) is 0 Å². The maximum atomic E-state index is 14.8. The van der Waals surface area contributed by atoms with Gasteiger partial charge in [-0.05, 0) is 99.2 Å². The predicted molar refractivity (Wildman–Crippen MR) is 171 cm³/mol. The predicted octanol–water partition coefficient (Wildman–Crippen LogP) is 7.69. The summed E-state index contributed by atoms with van der Waals surface area (Å²) in [7, 11) is 0. The van der Waals surface area contributed by atoms with Gasteiger partial charge in [-0.3, -0.25) is 9.59 Å². The number of carbonyl (C=O) groups is 2. The van der Waals surface area contributed by atoms with Crippen LogP contribution in [0.1, 0.15) is 51.9 Å². The summed E-state index contributed by atoms with van der Waals surface area (Å²) in [6.45, 7) is 8.50. The minimum atomic E-state index is -1.02. The fourth-order valence-electron chi connectivity index (χ4n) is 5.54. The molecule has 230 valence electrons. The molecule has 0 fully saturated rings. The first-order valence-corrected chi connectivity index (χ1v) is 14.5. The number of carboxylic acid groups (broad SMARTS) is 2. The van der Waals surface area contributed by atoms with Crippen LogP contribution in [-0.2, 0) is 22.6 Å². The van der Waals surface area contributed by atoms with Crippen LogP contribution < -0.4 is 9.47 Å². The molecule has 1 heterocycles. The average molecular weight is 600 g/mol. The smallest absolute Gasteiger partial charge is 0.323 e. The number of fused-ring (bicyclic) bond motifs is 1. The van der Waals surface area contributed by atoms with Crippen molar-refractivity contribution in [2.75, 3.05) is 13.2 Å². The lowest BCUT2D eigenvalue weighted by Crippen LogP contribution is -2.10. The summed E-state index contributed by atoms with van der Waals surface area (Å²) in [5, 5.41) is 19.2. The SMILES string of the molecule is Cc1cc(C)c(OC/C=C/COc2ccc(C=Cc3cc(F)cc4c(CCCC(=O)O)c(C)n(CC(=O)O)c34)cc2)c(C)c1. The van der Waals surface area contributed by atoms with Crippen LogP contribution in [0.5, 0.6) is 11.5 Å². The lowest BCUT2D eigenvalue weighted by atomic mass is 10.0. The second-order valence-electron chi connectivity index (χ2n) is 10.9. The zero-order valence-corrected chi connectivity index (χ0v) is 25.5. The molecular formula is C36H38FNO6. The highest BCUT2D eigenvalue weighted by molar-refractivity contribution is 5.95. The monoisotopic (exact) mass is 599 g/mol. The van der Waals surface area contributed by atoms with E-state index in [4.69, 9.17) is 14.6 Å². The van der Waals surface area contributed by atoms with Gasteiger partial charge in [-0.2, -0.15) is 0 Å². The van der Waals surface area contributed by atoms with E-state index in [9.17, 15) is 19.1 Å². The number of carboxylic acids is 2. The van der Waals surface area contributed by atoms with Crippen molar-refractivity contribution >= 4 is 35.0 Å². The quantitative estimate of drug-likeness (QED) is 0.114. The summed E-state index contributed by atoms with van der Waals surface area (Å²) in [4.78, 5) is 22.7. The Morgan fingerprint density at radius 2 is 1.52 bits per heavy atom. The van der Waals surface area contributed by atoms with Gasteiger partial charge >= 0.3 is 11.9 Å². The van der Waals surface area contributed by atoms with Crippen LogP contribution in [0.3, 0.4) is 0 Å². The van der Waals surface area contributed by atoms with Gasteiger partial charge in [0.15, 0.2) is 0 Å². The Labute approximate surface area is 256 Å². The Morgan fingerprint density at radius 3 is 2.16 bits per heavy atom. The summed E-state index contributed by atoms with van der Waals surface area (Å²) in [6, 6.07) is 14.5. The van der Waals surface area contributed by atoms with E-state index in [-0.39, 0.29) is 13.0 Å². The second-order valence-corrected chi connectivity index (χ2v) is 10.9. The minimum Gasteiger partial charge on any atom is -0.490 e. The molecule has 0 saturated carbocycles. The number of ether oxygens (including phenoxy) is 2. The van der Waals surface area contributed by atoms with Crippen molar-refractivity contribution in [3.8, 4) is 11.5 Å². The van der Waals surface area contributed by atoms with E-state index in [0.717, 1.165) is 28.0 Å². The van der Waals surface area contributed by atoms with Gasteiger partial charge in [0, 0.05) is 23.1 Å². The van der Waals surface area contributed by atoms with Gasteiger partial charge in [-0.25, -0.2) is 4.39 Å². The molecule has 0 bridgehead atoms. The normalized spacial score (nSPS) is 11.6. The Kier molecular flexibility index (Phi) is 10.6. The van der Waals surface area contributed by atoms with Crippen molar-refractivity contribution in [2.45, 2.75) is 53.5 Å². The topological polar surface area (TPSA) is 98.0 Å². The number of benzene rings is 3. The highest BCUT2D eigenvalue weighted by atomic mass is 19.1. The van der Waals surface area contributed by atoms with Crippen molar-refractivity contribution in [3.05, 3.63) is 106 Å². The van der Waals surface area contributed by atoms with E-state index in [0.29, 0.717) is 54.0 Å². The maximum absolute atomic E-state index is 14.8. The van der Waals surface area contributed by atoms with Gasteiger partial charge in [0.25, 0.3) is 0 Å². The Balaban J connectivity index is 1.43. The first kappa shape index (κ1) is 32.1. The summed E-state index contributed by atoms with van der Waals surface area (Å²) >= 11 is 0. The highest BCUT2D eigenvalue weighted by Gasteiger charge is 2.19. The second kappa shape index (κ2) is 14.6. The third-order valence-electron chi connectivity index (χ3n) is 7.43. The van der Waals surface area contributed by atoms with Crippen LogP contribution in [0.15, 0.2) is 60.7 Å². The molecule has 0 aliphatic heterocycles. The van der Waals surface area contributed by atoms with E-state index in [2.05, 4.69) is 19.1 Å². The van der Waals surface area contributed by atoms with Crippen LogP contribution in [0.25, 0.3) is 23.1 Å². The Morgan fingerprint density at radius 1 is 0.864 bits per heavy atom. The maximum Gasteiger partial charge on any atom is 0.323 e. The molecule has 0 amide bonds. The summed E-state index contributed by atoms with van der Waals surface area (Å²) < 4.78 is 28.2. The molecule has 2 N–H and O–H groups in total. The molecule has 0 aliphatic carbocycles. The number of rotatable bonds is 14. The number of aliphatic carboxylic acids is 2.